The van der Waals surface area contributed by atoms with Crippen molar-refractivity contribution in [1.82, 2.24) is 10.4 Å². The van der Waals surface area contributed by atoms with Gasteiger partial charge in [0.2, 0.25) is 0 Å². The summed E-state index contributed by atoms with van der Waals surface area (Å²) in [5.74, 6) is -1.50. The molecule has 0 saturated carbocycles. The Morgan fingerprint density at radius 2 is 1.83 bits per heavy atom. The first-order valence-corrected chi connectivity index (χ1v) is 9.78. The van der Waals surface area contributed by atoms with Gasteiger partial charge >= 0.3 is 5.97 Å². The van der Waals surface area contributed by atoms with Gasteiger partial charge in [0.05, 0.1) is 17.6 Å². The third-order valence-corrected chi connectivity index (χ3v) is 5.22. The van der Waals surface area contributed by atoms with Gasteiger partial charge < -0.3 is 14.6 Å². The molecule has 0 spiro atoms. The summed E-state index contributed by atoms with van der Waals surface area (Å²) in [4.78, 5) is 36.4. The molecule has 30 heavy (non-hydrogen) atoms. The van der Waals surface area contributed by atoms with Crippen molar-refractivity contribution in [3.63, 3.8) is 0 Å². The molecule has 154 valence electrons. The highest BCUT2D eigenvalue weighted by molar-refractivity contribution is 8.26. The lowest BCUT2D eigenvalue weighted by atomic mass is 10.2. The lowest BCUT2D eigenvalue weighted by Gasteiger charge is -2.16. The Hall–Kier alpha value is -3.37. The van der Waals surface area contributed by atoms with Gasteiger partial charge in [-0.25, -0.2) is 4.79 Å². The number of hydrogen-bond acceptors (Lipinski definition) is 7. The molecule has 1 saturated heterocycles. The summed E-state index contributed by atoms with van der Waals surface area (Å²) in [5.41, 5.74) is 3.26. The number of methoxy groups -OCH3 is 1. The van der Waals surface area contributed by atoms with Crippen LogP contribution in [-0.4, -0.2) is 45.9 Å². The van der Waals surface area contributed by atoms with E-state index in [4.69, 9.17) is 26.8 Å². The smallest absolute Gasteiger partial charge is 0.341 e. The summed E-state index contributed by atoms with van der Waals surface area (Å²) >= 11 is 6.24. The number of para-hydroxylation sites is 2. The number of hydrazine groups is 1. The van der Waals surface area contributed by atoms with E-state index >= 15 is 0 Å². The number of thiocarbonyl (C=S) groups is 1. The van der Waals surface area contributed by atoms with E-state index in [1.165, 1.54) is 13.2 Å². The van der Waals surface area contributed by atoms with Gasteiger partial charge in [0.1, 0.15) is 11.5 Å². The Balaban J connectivity index is 1.80. The van der Waals surface area contributed by atoms with Crippen LogP contribution < -0.4 is 14.9 Å². The molecule has 0 radical (unpaired) electrons. The number of nitrogens with zero attached hydrogens (tertiary/aromatic N) is 1. The van der Waals surface area contributed by atoms with Crippen LogP contribution >= 0.6 is 24.0 Å². The molecule has 0 bridgehead atoms. The molecule has 10 heteroatoms. The third-order valence-electron chi connectivity index (χ3n) is 3.92. The Morgan fingerprint density at radius 1 is 1.17 bits per heavy atom. The van der Waals surface area contributed by atoms with Gasteiger partial charge in [0.15, 0.2) is 10.9 Å². The van der Waals surface area contributed by atoms with E-state index in [0.29, 0.717) is 17.1 Å². The number of thioether (sulfide) groups is 1. The minimum Gasteiger partial charge on any atom is -0.496 e. The van der Waals surface area contributed by atoms with Gasteiger partial charge in [-0.3, -0.25) is 15.0 Å². The molecule has 0 aromatic heterocycles. The number of ether oxygens (including phenoxy) is 2. The van der Waals surface area contributed by atoms with Crippen LogP contribution in [-0.2, 0) is 9.59 Å². The third kappa shape index (κ3) is 4.78. The number of carboxylic acids is 1. The quantitative estimate of drug-likeness (QED) is 0.496. The van der Waals surface area contributed by atoms with Crippen molar-refractivity contribution < 1.29 is 29.0 Å². The van der Waals surface area contributed by atoms with Gasteiger partial charge in [-0.1, -0.05) is 42.1 Å². The number of carbonyl (C=O) groups is 3. The maximum Gasteiger partial charge on any atom is 0.341 e. The summed E-state index contributed by atoms with van der Waals surface area (Å²) in [6.45, 7) is -0.513. The van der Waals surface area contributed by atoms with Crippen molar-refractivity contribution in [2.45, 2.75) is 0 Å². The van der Waals surface area contributed by atoms with Gasteiger partial charge in [0.25, 0.3) is 11.8 Å². The normalized spacial score (nSPS) is 14.7. The van der Waals surface area contributed by atoms with Crippen LogP contribution in [0.5, 0.6) is 11.5 Å². The topological polar surface area (TPSA) is 105 Å². The number of aliphatic carboxylic acids is 1. The van der Waals surface area contributed by atoms with Crippen LogP contribution in [0, 0.1) is 0 Å². The van der Waals surface area contributed by atoms with E-state index in [0.717, 1.165) is 16.8 Å². The van der Waals surface area contributed by atoms with E-state index < -0.39 is 24.4 Å². The van der Waals surface area contributed by atoms with Crippen LogP contribution in [0.3, 0.4) is 0 Å². The fourth-order valence-electron chi connectivity index (χ4n) is 2.57. The number of hydrogen-bond donors (Lipinski definition) is 2. The number of amides is 2. The molecule has 0 atom stereocenters. The Kier molecular flexibility index (Phi) is 6.70. The largest absolute Gasteiger partial charge is 0.496 e. The Labute approximate surface area is 181 Å². The fourth-order valence-corrected chi connectivity index (χ4v) is 3.74. The van der Waals surface area contributed by atoms with Crippen LogP contribution in [0.4, 0.5) is 0 Å². The average molecular weight is 444 g/mol. The van der Waals surface area contributed by atoms with Crippen LogP contribution in [0.15, 0.2) is 53.4 Å². The fraction of sp³-hybridized carbons (Fsp3) is 0.100. The summed E-state index contributed by atoms with van der Waals surface area (Å²) in [5, 5.41) is 9.79. The molecule has 1 heterocycles. The predicted octanol–water partition coefficient (Wildman–Crippen LogP) is 2.70. The van der Waals surface area contributed by atoms with Crippen molar-refractivity contribution in [1.29, 1.82) is 0 Å². The van der Waals surface area contributed by atoms with E-state index in [1.54, 1.807) is 48.5 Å². The maximum atomic E-state index is 12.8. The highest BCUT2D eigenvalue weighted by Crippen LogP contribution is 2.33. The molecular weight excluding hydrogens is 428 g/mol. The average Bonchev–Trinajstić information content (AvgIpc) is 3.00. The second kappa shape index (κ2) is 9.42. The number of carbonyl (C=O) groups excluding carboxylic acids is 2. The summed E-state index contributed by atoms with van der Waals surface area (Å²) < 4.78 is 10.6. The molecule has 1 aliphatic rings. The van der Waals surface area contributed by atoms with Crippen molar-refractivity contribution in [3.8, 4) is 11.5 Å². The second-order valence-corrected chi connectivity index (χ2v) is 7.55. The second-order valence-electron chi connectivity index (χ2n) is 5.88. The minimum atomic E-state index is -1.12. The number of benzene rings is 2. The molecular formula is C20H16N2O6S2. The summed E-state index contributed by atoms with van der Waals surface area (Å²) in [6.07, 6.45) is 1.53. The number of nitrogens with one attached hydrogen (secondary N) is 1. The van der Waals surface area contributed by atoms with E-state index in [-0.39, 0.29) is 14.8 Å². The molecule has 2 amide bonds. The zero-order valence-electron chi connectivity index (χ0n) is 15.7. The van der Waals surface area contributed by atoms with Gasteiger partial charge in [-0.15, -0.1) is 0 Å². The zero-order chi connectivity index (χ0) is 21.7. The van der Waals surface area contributed by atoms with Crippen LogP contribution in [0.1, 0.15) is 15.9 Å². The number of carboxylic acid groups (broad SMARTS) is 1. The molecule has 2 N–H and O–H groups in total. The van der Waals surface area contributed by atoms with Crippen molar-refractivity contribution in [2.75, 3.05) is 13.7 Å². The molecule has 1 aliphatic heterocycles. The molecule has 3 rings (SSSR count). The van der Waals surface area contributed by atoms with Gasteiger partial charge in [-0.05, 0) is 36.5 Å². The van der Waals surface area contributed by atoms with Crippen molar-refractivity contribution in [2.24, 2.45) is 0 Å². The van der Waals surface area contributed by atoms with E-state index in [9.17, 15) is 14.4 Å². The van der Waals surface area contributed by atoms with Crippen LogP contribution in [0.2, 0.25) is 0 Å². The monoisotopic (exact) mass is 444 g/mol. The Morgan fingerprint density at radius 3 is 2.53 bits per heavy atom. The van der Waals surface area contributed by atoms with Crippen LogP contribution in [0.25, 0.3) is 6.08 Å². The van der Waals surface area contributed by atoms with Crippen molar-refractivity contribution in [3.05, 3.63) is 64.6 Å². The summed E-state index contributed by atoms with van der Waals surface area (Å²) in [6, 6.07) is 13.3. The highest BCUT2D eigenvalue weighted by atomic mass is 32.2. The first-order valence-electron chi connectivity index (χ1n) is 8.56. The molecule has 2 aromatic rings. The molecule has 8 nitrogen and oxygen atoms in total. The first kappa shape index (κ1) is 21.3. The van der Waals surface area contributed by atoms with E-state index in [2.05, 4.69) is 5.43 Å². The van der Waals surface area contributed by atoms with Crippen molar-refractivity contribution >= 4 is 52.2 Å². The predicted molar refractivity (Wildman–Crippen MR) is 115 cm³/mol. The van der Waals surface area contributed by atoms with Gasteiger partial charge in [0, 0.05) is 5.56 Å². The SMILES string of the molecule is COc1ccccc1C(=O)NN1C(=O)/C(=C\c2ccccc2OCC(=O)O)SC1=S. The Bertz CT molecular complexity index is 1050. The lowest BCUT2D eigenvalue weighted by Crippen LogP contribution is -2.44. The van der Waals surface area contributed by atoms with Gasteiger partial charge in [-0.2, -0.15) is 5.01 Å². The standard InChI is InChI=1S/C20H16N2O6S2/c1-27-15-9-5-3-7-13(15)18(25)21-22-19(26)16(30-20(22)29)10-12-6-2-4-8-14(12)28-11-17(23)24/h2-10H,11H2,1H3,(H,21,25)(H,23,24)/b16-10+. The molecule has 0 unspecified atom stereocenters. The van der Waals surface area contributed by atoms with E-state index in [1.807, 2.05) is 0 Å². The lowest BCUT2D eigenvalue weighted by molar-refractivity contribution is -0.139. The minimum absolute atomic E-state index is 0.151. The maximum absolute atomic E-state index is 12.8. The molecule has 0 aliphatic carbocycles. The molecule has 1 fully saturated rings. The zero-order valence-corrected chi connectivity index (χ0v) is 17.3. The first-order chi connectivity index (χ1) is 14.4. The highest BCUT2D eigenvalue weighted by Gasteiger charge is 2.34. The number of rotatable bonds is 7. The molecule has 2 aromatic carbocycles. The summed E-state index contributed by atoms with van der Waals surface area (Å²) in [7, 11) is 1.44.